The Kier molecular flexibility index (Phi) is 4.52. The zero-order valence-electron chi connectivity index (χ0n) is 11.5. The van der Waals surface area contributed by atoms with Crippen molar-refractivity contribution >= 4 is 11.7 Å². The quantitative estimate of drug-likeness (QED) is 0.880. The molecule has 0 saturated heterocycles. The number of aromatic carboxylic acids is 1. The molecule has 2 aromatic carbocycles. The van der Waals surface area contributed by atoms with Gasteiger partial charge >= 0.3 is 5.97 Å². The average Bonchev–Trinajstić information content (AvgIpc) is 2.49. The van der Waals surface area contributed by atoms with Crippen LogP contribution in [0.1, 0.15) is 28.4 Å². The van der Waals surface area contributed by atoms with Crippen molar-refractivity contribution in [1.82, 2.24) is 0 Å². The average molecular weight is 291 g/mol. The van der Waals surface area contributed by atoms with Crippen LogP contribution in [-0.4, -0.2) is 11.1 Å². The van der Waals surface area contributed by atoms with Crippen LogP contribution in [0.25, 0.3) is 0 Å². The zero-order valence-corrected chi connectivity index (χ0v) is 11.5. The summed E-state index contributed by atoms with van der Waals surface area (Å²) in [5.41, 5.74) is 1.39. The molecule has 0 aliphatic carbocycles. The van der Waals surface area contributed by atoms with Crippen LogP contribution < -0.4 is 5.32 Å². The minimum atomic E-state index is -1.49. The Morgan fingerprint density at radius 1 is 1.05 bits per heavy atom. The Hall–Kier alpha value is -2.43. The fourth-order valence-corrected chi connectivity index (χ4v) is 1.94. The van der Waals surface area contributed by atoms with E-state index >= 15 is 0 Å². The van der Waals surface area contributed by atoms with Gasteiger partial charge in [-0.05, 0) is 29.7 Å². The maximum Gasteiger partial charge on any atom is 0.338 e. The van der Waals surface area contributed by atoms with Gasteiger partial charge in [0.1, 0.15) is 0 Å². The molecule has 0 spiro atoms. The third kappa shape index (κ3) is 3.37. The van der Waals surface area contributed by atoms with E-state index in [0.717, 1.165) is 18.1 Å². The number of carboxylic acid groups (broad SMARTS) is 1. The Bertz CT molecular complexity index is 654. The van der Waals surface area contributed by atoms with Crippen LogP contribution in [-0.2, 0) is 13.0 Å². The molecule has 21 heavy (non-hydrogen) atoms. The molecule has 0 fully saturated rings. The predicted octanol–water partition coefficient (Wildman–Crippen LogP) is 3.84. The van der Waals surface area contributed by atoms with Crippen molar-refractivity contribution in [3.8, 4) is 0 Å². The molecule has 3 nitrogen and oxygen atoms in total. The number of carbonyl (C=O) groups is 1. The molecule has 0 unspecified atom stereocenters. The van der Waals surface area contributed by atoms with E-state index in [1.54, 1.807) is 0 Å². The van der Waals surface area contributed by atoms with Gasteiger partial charge in [-0.1, -0.05) is 31.2 Å². The van der Waals surface area contributed by atoms with Gasteiger partial charge in [0.2, 0.25) is 0 Å². The summed E-state index contributed by atoms with van der Waals surface area (Å²) in [5.74, 6) is -4.03. The summed E-state index contributed by atoms with van der Waals surface area (Å²) in [6.45, 7) is 2.38. The molecule has 0 radical (unpaired) electrons. The lowest BCUT2D eigenvalue weighted by atomic mass is 10.1. The second kappa shape index (κ2) is 6.35. The van der Waals surface area contributed by atoms with Crippen LogP contribution in [0.5, 0.6) is 0 Å². The molecule has 0 heterocycles. The van der Waals surface area contributed by atoms with Crippen molar-refractivity contribution in [1.29, 1.82) is 0 Å². The van der Waals surface area contributed by atoms with Crippen LogP contribution in [0, 0.1) is 11.6 Å². The number of hydrogen-bond acceptors (Lipinski definition) is 2. The third-order valence-corrected chi connectivity index (χ3v) is 3.23. The fraction of sp³-hybridized carbons (Fsp3) is 0.188. The van der Waals surface area contributed by atoms with Crippen molar-refractivity contribution in [2.24, 2.45) is 0 Å². The maximum absolute atomic E-state index is 13.7. The van der Waals surface area contributed by atoms with Gasteiger partial charge < -0.3 is 10.4 Å². The molecule has 0 aromatic heterocycles. The number of benzene rings is 2. The summed E-state index contributed by atoms with van der Waals surface area (Å²) in [4.78, 5) is 10.7. The zero-order chi connectivity index (χ0) is 15.4. The first-order valence-corrected chi connectivity index (χ1v) is 6.56. The van der Waals surface area contributed by atoms with Gasteiger partial charge in [0, 0.05) is 6.54 Å². The molecule has 0 amide bonds. The summed E-state index contributed by atoms with van der Waals surface area (Å²) in [6.07, 6.45) is 0.935. The standard InChI is InChI=1S/C16H15F2NO2/c1-2-10-3-5-11(6-4-10)9-19-13-8-7-12(16(20)21)14(17)15(13)18/h3-8,19H,2,9H2,1H3,(H,20,21). The van der Waals surface area contributed by atoms with E-state index in [1.807, 2.05) is 24.3 Å². The number of anilines is 1. The Morgan fingerprint density at radius 3 is 2.24 bits per heavy atom. The minimum absolute atomic E-state index is 0.0583. The molecule has 0 saturated carbocycles. The molecule has 0 aliphatic rings. The normalized spacial score (nSPS) is 10.4. The molecule has 0 atom stereocenters. The number of rotatable bonds is 5. The monoisotopic (exact) mass is 291 g/mol. The van der Waals surface area contributed by atoms with Crippen LogP contribution >= 0.6 is 0 Å². The second-order valence-corrected chi connectivity index (χ2v) is 4.62. The van der Waals surface area contributed by atoms with Crippen molar-refractivity contribution in [3.63, 3.8) is 0 Å². The molecule has 2 rings (SSSR count). The van der Waals surface area contributed by atoms with Crippen LogP contribution in [0.15, 0.2) is 36.4 Å². The SMILES string of the molecule is CCc1ccc(CNc2ccc(C(=O)O)c(F)c2F)cc1. The van der Waals surface area contributed by atoms with Crippen LogP contribution in [0.3, 0.4) is 0 Å². The van der Waals surface area contributed by atoms with Crippen molar-refractivity contribution < 1.29 is 18.7 Å². The summed E-state index contributed by atoms with van der Waals surface area (Å²) < 4.78 is 27.3. The van der Waals surface area contributed by atoms with Crippen molar-refractivity contribution in [2.45, 2.75) is 19.9 Å². The van der Waals surface area contributed by atoms with Crippen molar-refractivity contribution in [2.75, 3.05) is 5.32 Å². The lowest BCUT2D eigenvalue weighted by Gasteiger charge is -2.10. The number of aryl methyl sites for hydroxylation is 1. The number of nitrogens with one attached hydrogen (secondary N) is 1. The van der Waals surface area contributed by atoms with E-state index < -0.39 is 23.2 Å². The predicted molar refractivity (Wildman–Crippen MR) is 76.5 cm³/mol. The number of hydrogen-bond donors (Lipinski definition) is 2. The van der Waals surface area contributed by atoms with E-state index in [1.165, 1.54) is 11.6 Å². The first-order valence-electron chi connectivity index (χ1n) is 6.56. The van der Waals surface area contributed by atoms with E-state index in [2.05, 4.69) is 12.2 Å². The van der Waals surface area contributed by atoms with E-state index in [0.29, 0.717) is 6.54 Å². The highest BCUT2D eigenvalue weighted by molar-refractivity contribution is 5.88. The first kappa shape index (κ1) is 15.0. The number of carboxylic acids is 1. The largest absolute Gasteiger partial charge is 0.478 e. The molecular formula is C16H15F2NO2. The number of halogens is 2. The summed E-state index contributed by atoms with van der Waals surface area (Å²) in [7, 11) is 0. The minimum Gasteiger partial charge on any atom is -0.478 e. The van der Waals surface area contributed by atoms with Gasteiger partial charge in [0.05, 0.1) is 11.3 Å². The Balaban J connectivity index is 2.12. The highest BCUT2D eigenvalue weighted by Gasteiger charge is 2.17. The van der Waals surface area contributed by atoms with Gasteiger partial charge in [-0.25, -0.2) is 13.6 Å². The molecule has 5 heteroatoms. The molecule has 110 valence electrons. The van der Waals surface area contributed by atoms with Crippen LogP contribution in [0.2, 0.25) is 0 Å². The first-order chi connectivity index (χ1) is 10.0. The maximum atomic E-state index is 13.7. The summed E-state index contributed by atoms with van der Waals surface area (Å²) in [6, 6.07) is 10.0. The molecule has 2 aromatic rings. The highest BCUT2D eigenvalue weighted by atomic mass is 19.2. The highest BCUT2D eigenvalue weighted by Crippen LogP contribution is 2.21. The van der Waals surface area contributed by atoms with Gasteiger partial charge in [0.15, 0.2) is 11.6 Å². The van der Waals surface area contributed by atoms with E-state index in [4.69, 9.17) is 5.11 Å². The van der Waals surface area contributed by atoms with Gasteiger partial charge in [-0.15, -0.1) is 0 Å². The second-order valence-electron chi connectivity index (χ2n) is 4.62. The smallest absolute Gasteiger partial charge is 0.338 e. The summed E-state index contributed by atoms with van der Waals surface area (Å²) in [5, 5.41) is 11.5. The lowest BCUT2D eigenvalue weighted by Crippen LogP contribution is -2.07. The Morgan fingerprint density at radius 2 is 1.67 bits per heavy atom. The van der Waals surface area contributed by atoms with E-state index in [-0.39, 0.29) is 5.69 Å². The van der Waals surface area contributed by atoms with Crippen LogP contribution in [0.4, 0.5) is 14.5 Å². The molecule has 0 aliphatic heterocycles. The lowest BCUT2D eigenvalue weighted by molar-refractivity contribution is 0.0690. The third-order valence-electron chi connectivity index (χ3n) is 3.23. The molecule has 0 bridgehead atoms. The van der Waals surface area contributed by atoms with Gasteiger partial charge in [-0.2, -0.15) is 0 Å². The fourth-order valence-electron chi connectivity index (χ4n) is 1.94. The van der Waals surface area contributed by atoms with Gasteiger partial charge in [-0.3, -0.25) is 0 Å². The topological polar surface area (TPSA) is 49.3 Å². The summed E-state index contributed by atoms with van der Waals surface area (Å²) >= 11 is 0. The molecule has 2 N–H and O–H groups in total. The molecular weight excluding hydrogens is 276 g/mol. The van der Waals surface area contributed by atoms with Gasteiger partial charge in [0.25, 0.3) is 0 Å². The van der Waals surface area contributed by atoms with E-state index in [9.17, 15) is 13.6 Å². The Labute approximate surface area is 121 Å². The van der Waals surface area contributed by atoms with Crippen molar-refractivity contribution in [3.05, 3.63) is 64.7 Å².